The van der Waals surface area contributed by atoms with Crippen molar-refractivity contribution in [1.29, 1.82) is 0 Å². The Morgan fingerprint density at radius 2 is 2.00 bits per heavy atom. The highest BCUT2D eigenvalue weighted by Gasteiger charge is 2.19. The molecule has 1 aromatic carbocycles. The molecule has 6 heteroatoms. The van der Waals surface area contributed by atoms with E-state index in [1.165, 1.54) is 14.2 Å². The normalized spacial score (nSPS) is 12.0. The van der Waals surface area contributed by atoms with Crippen LogP contribution in [-0.2, 0) is 11.2 Å². The number of carbonyl (C=O) groups excluding carboxylic acids is 1. The zero-order valence-electron chi connectivity index (χ0n) is 14.7. The molecule has 0 aliphatic heterocycles. The number of fused-ring (bicyclic) bond motifs is 1. The fourth-order valence-electron chi connectivity index (χ4n) is 2.56. The monoisotopic (exact) mass is 333 g/mol. The van der Waals surface area contributed by atoms with E-state index in [9.17, 15) is 9.59 Å². The van der Waals surface area contributed by atoms with Gasteiger partial charge in [-0.05, 0) is 38.0 Å². The maximum Gasteiger partial charge on any atom is 0.340 e. The molecule has 24 heavy (non-hydrogen) atoms. The largest absolute Gasteiger partial charge is 0.493 e. The summed E-state index contributed by atoms with van der Waals surface area (Å²) in [5.74, 6) is 0.653. The minimum Gasteiger partial charge on any atom is -0.493 e. The average Bonchev–Trinajstić information content (AvgIpc) is 2.57. The van der Waals surface area contributed by atoms with E-state index in [1.807, 2.05) is 13.8 Å². The quantitative estimate of drug-likeness (QED) is 0.822. The number of benzene rings is 1. The summed E-state index contributed by atoms with van der Waals surface area (Å²) in [7, 11) is 3.00. The first-order valence-electron chi connectivity index (χ1n) is 7.89. The first-order chi connectivity index (χ1) is 11.4. The fourth-order valence-corrected chi connectivity index (χ4v) is 2.56. The number of carbonyl (C=O) groups is 1. The lowest BCUT2D eigenvalue weighted by molar-refractivity contribution is -0.121. The van der Waals surface area contributed by atoms with Crippen molar-refractivity contribution in [2.24, 2.45) is 0 Å². The van der Waals surface area contributed by atoms with Gasteiger partial charge in [-0.15, -0.1) is 0 Å². The van der Waals surface area contributed by atoms with Gasteiger partial charge in [-0.25, -0.2) is 4.79 Å². The highest BCUT2D eigenvalue weighted by atomic mass is 16.5. The molecule has 0 fully saturated rings. The van der Waals surface area contributed by atoms with Gasteiger partial charge in [0.25, 0.3) is 0 Å². The maximum atomic E-state index is 12.4. The molecule has 1 N–H and O–H groups in total. The van der Waals surface area contributed by atoms with Gasteiger partial charge in [0.2, 0.25) is 11.7 Å². The lowest BCUT2D eigenvalue weighted by Gasteiger charge is -2.14. The first kappa shape index (κ1) is 17.8. The zero-order valence-corrected chi connectivity index (χ0v) is 14.7. The SMILES string of the molecule is CCC(C)NC(=O)Cc1c(C)c2ccc(OC)c(OC)c2oc1=O. The Morgan fingerprint density at radius 3 is 2.58 bits per heavy atom. The Kier molecular flexibility index (Phi) is 5.49. The lowest BCUT2D eigenvalue weighted by Crippen LogP contribution is -2.34. The molecule has 130 valence electrons. The van der Waals surface area contributed by atoms with Gasteiger partial charge in [0, 0.05) is 11.4 Å². The molecule has 1 aromatic heterocycles. The molecule has 6 nitrogen and oxygen atoms in total. The highest BCUT2D eigenvalue weighted by Crippen LogP contribution is 2.36. The summed E-state index contributed by atoms with van der Waals surface area (Å²) in [6.45, 7) is 5.71. The van der Waals surface area contributed by atoms with E-state index < -0.39 is 5.63 Å². The Labute approximate surface area is 140 Å². The van der Waals surface area contributed by atoms with Gasteiger partial charge < -0.3 is 19.2 Å². The molecule has 0 saturated heterocycles. The number of ether oxygens (including phenoxy) is 2. The highest BCUT2D eigenvalue weighted by molar-refractivity contribution is 5.89. The predicted molar refractivity (Wildman–Crippen MR) is 91.9 cm³/mol. The van der Waals surface area contributed by atoms with Gasteiger partial charge in [-0.1, -0.05) is 6.92 Å². The minimum atomic E-state index is -0.536. The molecule has 0 aliphatic carbocycles. The second-order valence-electron chi connectivity index (χ2n) is 5.72. The lowest BCUT2D eigenvalue weighted by atomic mass is 10.0. The van der Waals surface area contributed by atoms with Crippen LogP contribution >= 0.6 is 0 Å². The van der Waals surface area contributed by atoms with Gasteiger partial charge in [0.15, 0.2) is 11.3 Å². The zero-order chi connectivity index (χ0) is 17.9. The number of hydrogen-bond donors (Lipinski definition) is 1. The van der Waals surface area contributed by atoms with Crippen molar-refractivity contribution in [2.45, 2.75) is 39.7 Å². The van der Waals surface area contributed by atoms with Crippen LogP contribution in [0.1, 0.15) is 31.4 Å². The third-order valence-electron chi connectivity index (χ3n) is 4.15. The van der Waals surface area contributed by atoms with Crippen LogP contribution in [0.2, 0.25) is 0 Å². The summed E-state index contributed by atoms with van der Waals surface area (Å²) in [4.78, 5) is 24.5. The number of rotatable bonds is 6. The van der Waals surface area contributed by atoms with E-state index in [2.05, 4.69) is 5.32 Å². The molecule has 2 aromatic rings. The van der Waals surface area contributed by atoms with Crippen molar-refractivity contribution >= 4 is 16.9 Å². The molecule has 0 radical (unpaired) electrons. The van der Waals surface area contributed by atoms with Gasteiger partial charge in [-0.3, -0.25) is 4.79 Å². The Hall–Kier alpha value is -2.50. The average molecular weight is 333 g/mol. The molecule has 2 rings (SSSR count). The van der Waals surface area contributed by atoms with Crippen LogP contribution in [0.25, 0.3) is 11.0 Å². The van der Waals surface area contributed by atoms with Gasteiger partial charge in [0.05, 0.1) is 26.2 Å². The molecular weight excluding hydrogens is 310 g/mol. The van der Waals surface area contributed by atoms with Gasteiger partial charge >= 0.3 is 5.63 Å². The molecule has 1 amide bonds. The molecular formula is C18H23NO5. The summed E-state index contributed by atoms with van der Waals surface area (Å²) >= 11 is 0. The van der Waals surface area contributed by atoms with E-state index in [0.29, 0.717) is 28.2 Å². The Balaban J connectivity index is 2.51. The van der Waals surface area contributed by atoms with Crippen LogP contribution in [0.3, 0.4) is 0 Å². The smallest absolute Gasteiger partial charge is 0.340 e. The van der Waals surface area contributed by atoms with Crippen molar-refractivity contribution in [3.63, 3.8) is 0 Å². The van der Waals surface area contributed by atoms with Crippen molar-refractivity contribution in [3.05, 3.63) is 33.7 Å². The Bertz CT molecular complexity index is 809. The molecule has 0 aliphatic rings. The minimum absolute atomic E-state index is 0.0111. The summed E-state index contributed by atoms with van der Waals surface area (Å²) in [6.07, 6.45) is 0.816. The summed E-state index contributed by atoms with van der Waals surface area (Å²) in [6, 6.07) is 3.61. The maximum absolute atomic E-state index is 12.4. The van der Waals surface area contributed by atoms with Crippen LogP contribution in [0, 0.1) is 6.92 Å². The predicted octanol–water partition coefficient (Wildman–Crippen LogP) is 2.58. The third-order valence-corrected chi connectivity index (χ3v) is 4.15. The van der Waals surface area contributed by atoms with E-state index in [-0.39, 0.29) is 18.4 Å². The third kappa shape index (κ3) is 3.37. The molecule has 1 atom stereocenters. The number of hydrogen-bond acceptors (Lipinski definition) is 5. The van der Waals surface area contributed by atoms with Crippen LogP contribution in [-0.4, -0.2) is 26.2 Å². The number of aryl methyl sites for hydroxylation is 1. The van der Waals surface area contributed by atoms with Crippen LogP contribution < -0.4 is 20.4 Å². The summed E-state index contributed by atoms with van der Waals surface area (Å²) in [5, 5.41) is 3.58. The van der Waals surface area contributed by atoms with Gasteiger partial charge in [-0.2, -0.15) is 0 Å². The van der Waals surface area contributed by atoms with Gasteiger partial charge in [0.1, 0.15) is 0 Å². The molecule has 1 heterocycles. The molecule has 1 unspecified atom stereocenters. The Morgan fingerprint density at radius 1 is 1.29 bits per heavy atom. The number of methoxy groups -OCH3 is 2. The molecule has 0 bridgehead atoms. The van der Waals surface area contributed by atoms with Crippen molar-refractivity contribution in [1.82, 2.24) is 5.32 Å². The van der Waals surface area contributed by atoms with Crippen LogP contribution in [0.5, 0.6) is 11.5 Å². The topological polar surface area (TPSA) is 77.8 Å². The van der Waals surface area contributed by atoms with Crippen molar-refractivity contribution in [2.75, 3.05) is 14.2 Å². The summed E-state index contributed by atoms with van der Waals surface area (Å²) < 4.78 is 16.0. The van der Waals surface area contributed by atoms with E-state index >= 15 is 0 Å². The number of amides is 1. The molecule has 0 spiro atoms. The van der Waals surface area contributed by atoms with Crippen molar-refractivity contribution < 1.29 is 18.7 Å². The van der Waals surface area contributed by atoms with E-state index in [4.69, 9.17) is 13.9 Å². The van der Waals surface area contributed by atoms with Crippen molar-refractivity contribution in [3.8, 4) is 11.5 Å². The van der Waals surface area contributed by atoms with E-state index in [0.717, 1.165) is 11.8 Å². The van der Waals surface area contributed by atoms with E-state index in [1.54, 1.807) is 19.1 Å². The standard InChI is InChI=1S/C18H23NO5/c1-6-10(2)19-15(20)9-13-11(3)12-7-8-14(22-4)17(23-5)16(12)24-18(13)21/h7-8,10H,6,9H2,1-5H3,(H,19,20). The van der Waals surface area contributed by atoms with Crippen LogP contribution in [0.4, 0.5) is 0 Å². The molecule has 0 saturated carbocycles. The summed E-state index contributed by atoms with van der Waals surface area (Å²) in [5.41, 5.74) is 0.855. The fraction of sp³-hybridized carbons (Fsp3) is 0.444. The second-order valence-corrected chi connectivity index (χ2v) is 5.72. The van der Waals surface area contributed by atoms with Crippen LogP contribution in [0.15, 0.2) is 21.3 Å². The second kappa shape index (κ2) is 7.38. The first-order valence-corrected chi connectivity index (χ1v) is 7.89. The number of nitrogens with one attached hydrogen (secondary N) is 1.